The van der Waals surface area contributed by atoms with Gasteiger partial charge in [0.1, 0.15) is 5.01 Å². The van der Waals surface area contributed by atoms with Crippen molar-refractivity contribution in [1.82, 2.24) is 10.2 Å². The fourth-order valence-electron chi connectivity index (χ4n) is 1.37. The highest BCUT2D eigenvalue weighted by atomic mass is 127. The Kier molecular flexibility index (Phi) is 2.61. The Morgan fingerprint density at radius 2 is 2.42 bits per heavy atom. The number of nitrogens with zero attached hydrogens (tertiary/aromatic N) is 2. The number of rotatable bonds is 1. The average Bonchev–Trinajstić information content (AvgIpc) is 2.58. The summed E-state index contributed by atoms with van der Waals surface area (Å²) in [5, 5.41) is 9.23. The molecule has 0 aromatic carbocycles. The highest BCUT2D eigenvalue weighted by Crippen LogP contribution is 2.31. The highest BCUT2D eigenvalue weighted by Gasteiger charge is 2.26. The number of halogens is 1. The summed E-state index contributed by atoms with van der Waals surface area (Å²) in [6.45, 7) is 2.92. The zero-order valence-corrected chi connectivity index (χ0v) is 9.63. The van der Waals surface area contributed by atoms with Gasteiger partial charge in [0.25, 0.3) is 0 Å². The van der Waals surface area contributed by atoms with Crippen molar-refractivity contribution in [3.05, 3.63) is 8.02 Å². The molecule has 1 fully saturated rings. The van der Waals surface area contributed by atoms with E-state index in [-0.39, 0.29) is 0 Å². The van der Waals surface area contributed by atoms with Crippen molar-refractivity contribution in [2.45, 2.75) is 25.4 Å². The SMILES string of the molecule is CC1CC(c2nnc(I)s2)CO1. The lowest BCUT2D eigenvalue weighted by Gasteiger charge is -1.99. The zero-order valence-electron chi connectivity index (χ0n) is 6.66. The minimum absolute atomic E-state index is 0.386. The molecule has 3 nitrogen and oxygen atoms in total. The van der Waals surface area contributed by atoms with E-state index in [2.05, 4.69) is 39.7 Å². The van der Waals surface area contributed by atoms with Crippen molar-refractivity contribution < 1.29 is 4.74 Å². The van der Waals surface area contributed by atoms with Crippen molar-refractivity contribution in [2.75, 3.05) is 6.61 Å². The first-order valence-electron chi connectivity index (χ1n) is 3.86. The van der Waals surface area contributed by atoms with E-state index in [1.165, 1.54) is 0 Å². The van der Waals surface area contributed by atoms with Crippen LogP contribution < -0.4 is 0 Å². The molecule has 1 aliphatic heterocycles. The van der Waals surface area contributed by atoms with Gasteiger partial charge in [-0.1, -0.05) is 11.3 Å². The molecule has 1 aromatic heterocycles. The van der Waals surface area contributed by atoms with Crippen LogP contribution in [0.2, 0.25) is 0 Å². The Bertz CT molecular complexity index is 278. The van der Waals surface area contributed by atoms with Crippen LogP contribution in [0.25, 0.3) is 0 Å². The normalized spacial score (nSPS) is 29.5. The van der Waals surface area contributed by atoms with Crippen molar-refractivity contribution >= 4 is 33.9 Å². The Morgan fingerprint density at radius 3 is 2.92 bits per heavy atom. The maximum atomic E-state index is 5.47. The fraction of sp³-hybridized carbons (Fsp3) is 0.714. The van der Waals surface area contributed by atoms with Crippen LogP contribution in [0.5, 0.6) is 0 Å². The Morgan fingerprint density at radius 1 is 1.58 bits per heavy atom. The van der Waals surface area contributed by atoms with Crippen molar-refractivity contribution in [1.29, 1.82) is 0 Å². The third-order valence-corrected chi connectivity index (χ3v) is 3.71. The topological polar surface area (TPSA) is 35.0 Å². The molecule has 2 rings (SSSR count). The van der Waals surface area contributed by atoms with Crippen molar-refractivity contribution in [3.63, 3.8) is 0 Å². The minimum atomic E-state index is 0.386. The van der Waals surface area contributed by atoms with Crippen molar-refractivity contribution in [2.24, 2.45) is 0 Å². The summed E-state index contributed by atoms with van der Waals surface area (Å²) in [5.41, 5.74) is 0. The van der Waals surface area contributed by atoms with Crippen LogP contribution in [0, 0.1) is 3.01 Å². The third-order valence-electron chi connectivity index (χ3n) is 1.96. The molecular formula is C7H9IN2OS. The molecule has 0 aliphatic carbocycles. The summed E-state index contributed by atoms with van der Waals surface area (Å²) in [6, 6.07) is 0. The highest BCUT2D eigenvalue weighted by molar-refractivity contribution is 14.1. The first-order chi connectivity index (χ1) is 5.75. The van der Waals surface area contributed by atoms with E-state index in [1.807, 2.05) is 0 Å². The van der Waals surface area contributed by atoms with E-state index in [0.29, 0.717) is 12.0 Å². The lowest BCUT2D eigenvalue weighted by atomic mass is 10.1. The van der Waals surface area contributed by atoms with Gasteiger partial charge in [0.2, 0.25) is 0 Å². The maximum absolute atomic E-state index is 5.47. The van der Waals surface area contributed by atoms with Gasteiger partial charge >= 0.3 is 0 Å². The molecule has 66 valence electrons. The van der Waals surface area contributed by atoms with Gasteiger partial charge in [-0.25, -0.2) is 0 Å². The third kappa shape index (κ3) is 1.77. The summed E-state index contributed by atoms with van der Waals surface area (Å²) in [6.07, 6.45) is 1.47. The van der Waals surface area contributed by atoms with Gasteiger partial charge < -0.3 is 4.74 Å². The molecule has 2 heterocycles. The van der Waals surface area contributed by atoms with Gasteiger partial charge in [-0.2, -0.15) is 0 Å². The Balaban J connectivity index is 2.11. The number of ether oxygens (including phenoxy) is 1. The molecule has 12 heavy (non-hydrogen) atoms. The molecule has 0 N–H and O–H groups in total. The molecule has 0 spiro atoms. The predicted octanol–water partition coefficient (Wildman–Crippen LogP) is 2.04. The monoisotopic (exact) mass is 296 g/mol. The van der Waals surface area contributed by atoms with Gasteiger partial charge in [-0.15, -0.1) is 10.2 Å². The van der Waals surface area contributed by atoms with E-state index < -0.39 is 0 Å². The van der Waals surface area contributed by atoms with E-state index in [1.54, 1.807) is 11.3 Å². The summed E-state index contributed by atoms with van der Waals surface area (Å²) < 4.78 is 6.48. The van der Waals surface area contributed by atoms with Crippen LogP contribution in [-0.4, -0.2) is 22.9 Å². The molecule has 0 radical (unpaired) electrons. The van der Waals surface area contributed by atoms with Gasteiger partial charge in [0.15, 0.2) is 3.01 Å². The molecular weight excluding hydrogens is 287 g/mol. The van der Waals surface area contributed by atoms with Crippen LogP contribution in [0.1, 0.15) is 24.3 Å². The second-order valence-electron chi connectivity index (χ2n) is 2.97. The van der Waals surface area contributed by atoms with Crippen LogP contribution in [0.4, 0.5) is 0 Å². The molecule has 0 bridgehead atoms. The molecule has 1 aliphatic rings. The molecule has 1 aromatic rings. The average molecular weight is 296 g/mol. The largest absolute Gasteiger partial charge is 0.378 e. The molecule has 2 atom stereocenters. The first kappa shape index (κ1) is 8.83. The van der Waals surface area contributed by atoms with Crippen LogP contribution in [0.15, 0.2) is 0 Å². The molecule has 1 saturated heterocycles. The maximum Gasteiger partial charge on any atom is 0.178 e. The van der Waals surface area contributed by atoms with Gasteiger partial charge in [-0.3, -0.25) is 0 Å². The lowest BCUT2D eigenvalue weighted by Crippen LogP contribution is -1.97. The lowest BCUT2D eigenvalue weighted by molar-refractivity contribution is 0.123. The van der Waals surface area contributed by atoms with Gasteiger partial charge in [0, 0.05) is 5.92 Å². The summed E-state index contributed by atoms with van der Waals surface area (Å²) in [5.74, 6) is 0.487. The second kappa shape index (κ2) is 3.55. The van der Waals surface area contributed by atoms with Crippen molar-refractivity contribution in [3.8, 4) is 0 Å². The fourth-order valence-corrected chi connectivity index (χ4v) is 2.82. The minimum Gasteiger partial charge on any atom is -0.378 e. The summed E-state index contributed by atoms with van der Waals surface area (Å²) in [4.78, 5) is 0. The Hall–Kier alpha value is 0.250. The van der Waals surface area contributed by atoms with Gasteiger partial charge in [0.05, 0.1) is 12.7 Å². The summed E-state index contributed by atoms with van der Waals surface area (Å²) in [7, 11) is 0. The molecule has 0 saturated carbocycles. The standard InChI is InChI=1S/C7H9IN2OS/c1-4-2-5(3-11-4)6-9-10-7(8)12-6/h4-5H,2-3H2,1H3. The quantitative estimate of drug-likeness (QED) is 0.744. The van der Waals surface area contributed by atoms with E-state index in [4.69, 9.17) is 4.74 Å². The predicted molar refractivity (Wildman–Crippen MR) is 55.4 cm³/mol. The Labute approximate surface area is 88.7 Å². The number of hydrogen-bond donors (Lipinski definition) is 0. The van der Waals surface area contributed by atoms with E-state index in [9.17, 15) is 0 Å². The second-order valence-corrected chi connectivity index (χ2v) is 5.73. The van der Waals surface area contributed by atoms with Crippen LogP contribution >= 0.6 is 33.9 Å². The van der Waals surface area contributed by atoms with E-state index in [0.717, 1.165) is 21.0 Å². The van der Waals surface area contributed by atoms with E-state index >= 15 is 0 Å². The zero-order chi connectivity index (χ0) is 8.55. The molecule has 2 unspecified atom stereocenters. The van der Waals surface area contributed by atoms with Crippen LogP contribution in [-0.2, 0) is 4.74 Å². The number of aromatic nitrogens is 2. The number of hydrogen-bond acceptors (Lipinski definition) is 4. The van der Waals surface area contributed by atoms with Gasteiger partial charge in [-0.05, 0) is 35.9 Å². The molecule has 0 amide bonds. The molecule has 5 heteroatoms. The first-order valence-corrected chi connectivity index (χ1v) is 5.75. The summed E-state index contributed by atoms with van der Waals surface area (Å²) >= 11 is 3.87. The smallest absolute Gasteiger partial charge is 0.178 e. The van der Waals surface area contributed by atoms with Crippen LogP contribution in [0.3, 0.4) is 0 Å².